The standard InChI is InChI=1S/C28H32ClF2NO5/c1-2-34-28(33)21-7-9-32(10-8-21)16-20-11-22-4-5-23(13-27(22)36-18-20)35-17-19-3-6-26(25(29)12-19)37-24(14-30)15-31/h3-6,11-13,21,24H,2,7-10,14-18H2,1H3. The summed E-state index contributed by atoms with van der Waals surface area (Å²) in [7, 11) is 0. The summed E-state index contributed by atoms with van der Waals surface area (Å²) < 4.78 is 47.7. The van der Waals surface area contributed by atoms with E-state index in [4.69, 9.17) is 30.5 Å². The molecule has 0 amide bonds. The van der Waals surface area contributed by atoms with Gasteiger partial charge in [0.25, 0.3) is 0 Å². The molecule has 0 saturated carbocycles. The lowest BCUT2D eigenvalue weighted by molar-refractivity contribution is -0.149. The second-order valence-corrected chi connectivity index (χ2v) is 9.60. The predicted molar refractivity (Wildman–Crippen MR) is 138 cm³/mol. The SMILES string of the molecule is CCOC(=O)C1CCN(CC2=Cc3ccc(OCc4ccc(OC(CF)CF)c(Cl)c4)cc3OC2)CC1. The zero-order valence-corrected chi connectivity index (χ0v) is 21.6. The molecule has 0 unspecified atom stereocenters. The van der Waals surface area contributed by atoms with E-state index in [0.717, 1.165) is 49.4 Å². The third-order valence-electron chi connectivity index (χ3n) is 6.43. The summed E-state index contributed by atoms with van der Waals surface area (Å²) in [5, 5.41) is 0.268. The first-order chi connectivity index (χ1) is 18.0. The van der Waals surface area contributed by atoms with E-state index in [1.165, 1.54) is 5.57 Å². The van der Waals surface area contributed by atoms with Crippen LogP contribution < -0.4 is 14.2 Å². The first-order valence-corrected chi connectivity index (χ1v) is 12.9. The van der Waals surface area contributed by atoms with Crippen LogP contribution >= 0.6 is 11.6 Å². The van der Waals surface area contributed by atoms with Gasteiger partial charge in [-0.3, -0.25) is 9.69 Å². The Morgan fingerprint density at radius 3 is 2.65 bits per heavy atom. The van der Waals surface area contributed by atoms with Crippen molar-refractivity contribution in [3.63, 3.8) is 0 Å². The number of benzene rings is 2. The van der Waals surface area contributed by atoms with E-state index in [1.807, 2.05) is 25.1 Å². The minimum Gasteiger partial charge on any atom is -0.489 e. The number of likely N-dealkylation sites (tertiary alicyclic amines) is 1. The van der Waals surface area contributed by atoms with Crippen LogP contribution in [0.25, 0.3) is 6.08 Å². The molecule has 2 heterocycles. The number of fused-ring (bicyclic) bond motifs is 1. The number of carbonyl (C=O) groups excluding carboxylic acids is 1. The van der Waals surface area contributed by atoms with Crippen LogP contribution in [0.5, 0.6) is 17.2 Å². The Bertz CT molecular complexity index is 1100. The first-order valence-electron chi connectivity index (χ1n) is 12.5. The summed E-state index contributed by atoms with van der Waals surface area (Å²) in [5.41, 5.74) is 2.98. The molecule has 0 atom stereocenters. The molecule has 1 saturated heterocycles. The van der Waals surface area contributed by atoms with Crippen molar-refractivity contribution in [3.05, 3.63) is 58.1 Å². The van der Waals surface area contributed by atoms with Crippen LogP contribution in [-0.2, 0) is 16.1 Å². The smallest absolute Gasteiger partial charge is 0.309 e. The van der Waals surface area contributed by atoms with Gasteiger partial charge in [-0.05, 0) is 74.3 Å². The number of esters is 1. The number of carbonyl (C=O) groups is 1. The molecule has 37 heavy (non-hydrogen) atoms. The zero-order chi connectivity index (χ0) is 26.2. The summed E-state index contributed by atoms with van der Waals surface area (Å²) in [6, 6.07) is 10.7. The number of rotatable bonds is 11. The Morgan fingerprint density at radius 1 is 1.16 bits per heavy atom. The van der Waals surface area contributed by atoms with E-state index >= 15 is 0 Å². The second kappa shape index (κ2) is 13.1. The summed E-state index contributed by atoms with van der Waals surface area (Å²) in [6.45, 7) is 3.72. The number of alkyl halides is 2. The Balaban J connectivity index is 1.29. The van der Waals surface area contributed by atoms with Gasteiger partial charge in [-0.2, -0.15) is 0 Å². The third-order valence-corrected chi connectivity index (χ3v) is 6.73. The van der Waals surface area contributed by atoms with E-state index < -0.39 is 19.5 Å². The molecule has 9 heteroatoms. The molecule has 2 aliphatic heterocycles. The minimum absolute atomic E-state index is 0.00399. The van der Waals surface area contributed by atoms with Crippen molar-refractivity contribution in [2.75, 3.05) is 46.2 Å². The fourth-order valence-electron chi connectivity index (χ4n) is 4.43. The molecule has 1 fully saturated rings. The van der Waals surface area contributed by atoms with E-state index in [2.05, 4.69) is 11.0 Å². The molecular formula is C28H32ClF2NO5. The highest BCUT2D eigenvalue weighted by Gasteiger charge is 2.26. The number of hydrogen-bond acceptors (Lipinski definition) is 6. The van der Waals surface area contributed by atoms with Gasteiger partial charge in [0, 0.05) is 18.2 Å². The lowest BCUT2D eigenvalue weighted by atomic mass is 9.96. The fourth-order valence-corrected chi connectivity index (χ4v) is 4.67. The molecule has 0 bridgehead atoms. The van der Waals surface area contributed by atoms with Gasteiger partial charge in [-0.25, -0.2) is 8.78 Å². The van der Waals surface area contributed by atoms with Crippen molar-refractivity contribution in [2.24, 2.45) is 5.92 Å². The lowest BCUT2D eigenvalue weighted by Gasteiger charge is -2.32. The molecule has 2 aromatic carbocycles. The molecule has 0 spiro atoms. The number of piperidine rings is 1. The van der Waals surface area contributed by atoms with Crippen LogP contribution in [-0.4, -0.2) is 63.2 Å². The maximum atomic E-state index is 12.7. The maximum absolute atomic E-state index is 12.7. The van der Waals surface area contributed by atoms with E-state index in [-0.39, 0.29) is 29.3 Å². The summed E-state index contributed by atoms with van der Waals surface area (Å²) in [6.07, 6.45) is 2.64. The van der Waals surface area contributed by atoms with Crippen LogP contribution in [0, 0.1) is 5.92 Å². The first kappa shape index (κ1) is 27.2. The van der Waals surface area contributed by atoms with Crippen LogP contribution in [0.4, 0.5) is 8.78 Å². The lowest BCUT2D eigenvalue weighted by Crippen LogP contribution is -2.38. The molecule has 6 nitrogen and oxygen atoms in total. The number of halogens is 3. The van der Waals surface area contributed by atoms with Crippen LogP contribution in [0.15, 0.2) is 42.0 Å². The molecule has 0 N–H and O–H groups in total. The molecule has 0 aromatic heterocycles. The van der Waals surface area contributed by atoms with Crippen molar-refractivity contribution in [1.29, 1.82) is 0 Å². The van der Waals surface area contributed by atoms with Gasteiger partial charge in [0.15, 0.2) is 6.10 Å². The van der Waals surface area contributed by atoms with Crippen LogP contribution in [0.3, 0.4) is 0 Å². The predicted octanol–water partition coefficient (Wildman–Crippen LogP) is 5.66. The highest BCUT2D eigenvalue weighted by atomic mass is 35.5. The van der Waals surface area contributed by atoms with Crippen molar-refractivity contribution in [3.8, 4) is 17.2 Å². The molecule has 2 aromatic rings. The average molecular weight is 536 g/mol. The van der Waals surface area contributed by atoms with E-state index in [9.17, 15) is 13.6 Å². The van der Waals surface area contributed by atoms with Crippen molar-refractivity contribution in [1.82, 2.24) is 4.90 Å². The Labute approximate surface area is 221 Å². The normalized spacial score (nSPS) is 16.1. The summed E-state index contributed by atoms with van der Waals surface area (Å²) in [4.78, 5) is 14.3. The summed E-state index contributed by atoms with van der Waals surface area (Å²) in [5.74, 6) is 1.57. The molecule has 2 aliphatic rings. The number of ether oxygens (including phenoxy) is 4. The molecule has 200 valence electrons. The molecule has 0 aliphatic carbocycles. The average Bonchev–Trinajstić information content (AvgIpc) is 2.92. The van der Waals surface area contributed by atoms with Gasteiger partial charge in [0.2, 0.25) is 0 Å². The van der Waals surface area contributed by atoms with Gasteiger partial charge in [-0.15, -0.1) is 0 Å². The van der Waals surface area contributed by atoms with Gasteiger partial charge in [-0.1, -0.05) is 17.7 Å². The fraction of sp³-hybridized carbons (Fsp3) is 0.464. The number of hydrogen-bond donors (Lipinski definition) is 0. The maximum Gasteiger partial charge on any atom is 0.309 e. The van der Waals surface area contributed by atoms with Crippen LogP contribution in [0.2, 0.25) is 5.02 Å². The van der Waals surface area contributed by atoms with Gasteiger partial charge in [0.1, 0.15) is 43.8 Å². The van der Waals surface area contributed by atoms with Crippen molar-refractivity contribution >= 4 is 23.6 Å². The third kappa shape index (κ3) is 7.36. The van der Waals surface area contributed by atoms with Gasteiger partial charge < -0.3 is 18.9 Å². The second-order valence-electron chi connectivity index (χ2n) is 9.20. The Kier molecular flexibility index (Phi) is 9.63. The van der Waals surface area contributed by atoms with Gasteiger partial charge in [0.05, 0.1) is 17.5 Å². The van der Waals surface area contributed by atoms with E-state index in [0.29, 0.717) is 19.0 Å². The van der Waals surface area contributed by atoms with Crippen molar-refractivity contribution < 1.29 is 32.5 Å². The van der Waals surface area contributed by atoms with Crippen LogP contribution in [0.1, 0.15) is 30.9 Å². The molecule has 4 rings (SSSR count). The largest absolute Gasteiger partial charge is 0.489 e. The summed E-state index contributed by atoms with van der Waals surface area (Å²) >= 11 is 6.21. The monoisotopic (exact) mass is 535 g/mol. The van der Waals surface area contributed by atoms with Crippen molar-refractivity contribution in [2.45, 2.75) is 32.5 Å². The molecule has 0 radical (unpaired) electrons. The minimum atomic E-state index is -1.16. The topological polar surface area (TPSA) is 57.2 Å². The van der Waals surface area contributed by atoms with Gasteiger partial charge >= 0.3 is 5.97 Å². The zero-order valence-electron chi connectivity index (χ0n) is 20.9. The van der Waals surface area contributed by atoms with E-state index in [1.54, 1.807) is 18.2 Å². The highest BCUT2D eigenvalue weighted by molar-refractivity contribution is 6.32. The quantitative estimate of drug-likeness (QED) is 0.346. The Hall–Kier alpha value is -2.84. The highest BCUT2D eigenvalue weighted by Crippen LogP contribution is 2.32. The molecular weight excluding hydrogens is 504 g/mol. The number of nitrogens with zero attached hydrogens (tertiary/aromatic N) is 1. The Morgan fingerprint density at radius 2 is 1.95 bits per heavy atom.